The van der Waals surface area contributed by atoms with E-state index in [1.165, 1.54) is 193 Å². The Morgan fingerprint density at radius 2 is 0.682 bits per heavy atom. The molecule has 0 aliphatic rings. The highest BCUT2D eigenvalue weighted by Gasteiger charge is 2.17. The van der Waals surface area contributed by atoms with Crippen LogP contribution >= 0.6 is 0 Å². The molecule has 386 valence electrons. The average Bonchev–Trinajstić information content (AvgIpc) is 3.32. The van der Waals surface area contributed by atoms with Crippen LogP contribution in [-0.2, 0) is 23.8 Å². The summed E-state index contributed by atoms with van der Waals surface area (Å²) in [4.78, 5) is 25.5. The third-order valence-electron chi connectivity index (χ3n) is 12.9. The minimum absolute atomic E-state index is 0.0778. The Hall–Kier alpha value is -2.14. The van der Waals surface area contributed by atoms with Gasteiger partial charge in [0.2, 0.25) is 0 Å². The molecule has 1 atom stereocenters. The summed E-state index contributed by atoms with van der Waals surface area (Å²) in [6, 6.07) is 0. The number of unbranched alkanes of at least 4 members (excludes halogenated alkanes) is 35. The third kappa shape index (κ3) is 54.5. The number of allylic oxidation sites excluding steroid dienone is 8. The van der Waals surface area contributed by atoms with Crippen molar-refractivity contribution in [3.63, 3.8) is 0 Å². The Morgan fingerprint density at radius 3 is 1.08 bits per heavy atom. The van der Waals surface area contributed by atoms with Crippen molar-refractivity contribution < 1.29 is 23.8 Å². The topological polar surface area (TPSA) is 61.8 Å². The minimum Gasteiger partial charge on any atom is -0.462 e. The van der Waals surface area contributed by atoms with Crippen molar-refractivity contribution in [2.45, 2.75) is 309 Å². The predicted octanol–water partition coefficient (Wildman–Crippen LogP) is 19.9. The van der Waals surface area contributed by atoms with E-state index in [1.54, 1.807) is 0 Å². The zero-order chi connectivity index (χ0) is 47.7. The molecule has 0 bridgehead atoms. The molecule has 0 rings (SSSR count). The van der Waals surface area contributed by atoms with Gasteiger partial charge in [0, 0.05) is 19.4 Å². The molecular weight excluding hydrogens is 813 g/mol. The zero-order valence-corrected chi connectivity index (χ0v) is 44.5. The second-order valence-electron chi connectivity index (χ2n) is 19.5. The van der Waals surface area contributed by atoms with Crippen molar-refractivity contribution in [1.82, 2.24) is 0 Å². The number of hydrogen-bond acceptors (Lipinski definition) is 5. The lowest BCUT2D eigenvalue weighted by Gasteiger charge is -2.18. The van der Waals surface area contributed by atoms with Crippen molar-refractivity contribution in [3.05, 3.63) is 48.6 Å². The normalized spacial score (nSPS) is 12.5. The van der Waals surface area contributed by atoms with Crippen LogP contribution in [0.4, 0.5) is 0 Å². The van der Waals surface area contributed by atoms with Gasteiger partial charge in [0.05, 0.1) is 6.61 Å². The molecule has 0 aromatic carbocycles. The fourth-order valence-electron chi connectivity index (χ4n) is 8.56. The van der Waals surface area contributed by atoms with Gasteiger partial charge in [-0.15, -0.1) is 0 Å². The first-order chi connectivity index (χ1) is 32.6. The van der Waals surface area contributed by atoms with E-state index in [0.29, 0.717) is 19.4 Å². The fraction of sp³-hybridized carbons (Fsp3) is 0.836. The lowest BCUT2D eigenvalue weighted by Crippen LogP contribution is -2.30. The van der Waals surface area contributed by atoms with Crippen molar-refractivity contribution in [1.29, 1.82) is 0 Å². The maximum absolute atomic E-state index is 12.9. The second kappa shape index (κ2) is 57.2. The predicted molar refractivity (Wildman–Crippen MR) is 288 cm³/mol. The van der Waals surface area contributed by atoms with E-state index in [-0.39, 0.29) is 25.2 Å². The average molecular weight is 926 g/mol. The summed E-state index contributed by atoms with van der Waals surface area (Å²) in [5.41, 5.74) is 0. The standard InChI is InChI=1S/C61H112O5/c1-4-7-10-13-16-19-22-25-28-30-31-32-34-36-39-42-45-48-51-54-60(62)65-58-59(57-64-56-53-50-47-44-41-38-35-29-26-23-20-17-14-11-8-5-2)66-61(63)55-52-49-46-43-40-37-33-27-24-21-18-15-12-9-6-3/h8,11,17,20,26,29,38,41,59H,4-7,9-10,12-16,18-19,21-25,27-28,30-37,39-40,42-58H2,1-3H3/b11-8-,20-17-,29-26-,41-38-. The zero-order valence-electron chi connectivity index (χ0n) is 44.5. The SMILES string of the molecule is CC/C=C\C/C=C\C/C=C\C/C=C\CCCCCOCC(COC(=O)CCCCCCCCCCCCCCCCCCCCC)OC(=O)CCCCCCCCCCCCCCCCC. The van der Waals surface area contributed by atoms with Gasteiger partial charge < -0.3 is 14.2 Å². The van der Waals surface area contributed by atoms with Crippen molar-refractivity contribution >= 4 is 11.9 Å². The molecular formula is C61H112O5. The number of carbonyl (C=O) groups excluding carboxylic acids is 2. The molecule has 0 fully saturated rings. The van der Waals surface area contributed by atoms with Gasteiger partial charge in [-0.1, -0.05) is 281 Å². The van der Waals surface area contributed by atoms with Gasteiger partial charge in [0.1, 0.15) is 6.61 Å². The summed E-state index contributed by atoms with van der Waals surface area (Å²) in [5.74, 6) is -0.396. The first-order valence-corrected chi connectivity index (χ1v) is 29.2. The summed E-state index contributed by atoms with van der Waals surface area (Å²) in [5, 5.41) is 0. The minimum atomic E-state index is -0.549. The third-order valence-corrected chi connectivity index (χ3v) is 12.9. The summed E-state index contributed by atoms with van der Waals surface area (Å²) in [6.07, 6.45) is 71.4. The Kier molecular flexibility index (Phi) is 55.3. The molecule has 5 nitrogen and oxygen atoms in total. The molecule has 0 saturated carbocycles. The number of carbonyl (C=O) groups is 2. The van der Waals surface area contributed by atoms with Crippen LogP contribution in [0.1, 0.15) is 303 Å². The first kappa shape index (κ1) is 63.9. The number of hydrogen-bond donors (Lipinski definition) is 0. The summed E-state index contributed by atoms with van der Waals surface area (Å²) < 4.78 is 17.5. The molecule has 0 saturated heterocycles. The van der Waals surface area contributed by atoms with E-state index in [2.05, 4.69) is 69.4 Å². The molecule has 0 aliphatic heterocycles. The number of ether oxygens (including phenoxy) is 3. The van der Waals surface area contributed by atoms with Crippen LogP contribution in [0.2, 0.25) is 0 Å². The van der Waals surface area contributed by atoms with E-state index in [1.807, 2.05) is 0 Å². The number of rotatable bonds is 54. The summed E-state index contributed by atoms with van der Waals surface area (Å²) in [6.45, 7) is 7.71. The molecule has 0 radical (unpaired) electrons. The molecule has 1 unspecified atom stereocenters. The lowest BCUT2D eigenvalue weighted by atomic mass is 10.0. The summed E-state index contributed by atoms with van der Waals surface area (Å²) >= 11 is 0. The smallest absolute Gasteiger partial charge is 0.306 e. The van der Waals surface area contributed by atoms with E-state index in [4.69, 9.17) is 14.2 Å². The highest BCUT2D eigenvalue weighted by Crippen LogP contribution is 2.17. The Morgan fingerprint density at radius 1 is 0.348 bits per heavy atom. The van der Waals surface area contributed by atoms with Gasteiger partial charge in [-0.05, 0) is 57.8 Å². The maximum atomic E-state index is 12.9. The fourth-order valence-corrected chi connectivity index (χ4v) is 8.56. The van der Waals surface area contributed by atoms with Crippen LogP contribution in [0.25, 0.3) is 0 Å². The summed E-state index contributed by atoms with van der Waals surface area (Å²) in [7, 11) is 0. The van der Waals surface area contributed by atoms with Gasteiger partial charge in [0.15, 0.2) is 6.10 Å². The monoisotopic (exact) mass is 925 g/mol. The van der Waals surface area contributed by atoms with E-state index < -0.39 is 6.10 Å². The van der Waals surface area contributed by atoms with Gasteiger partial charge in [-0.2, -0.15) is 0 Å². The van der Waals surface area contributed by atoms with E-state index in [9.17, 15) is 9.59 Å². The Labute approximate surface area is 412 Å². The Balaban J connectivity index is 4.26. The van der Waals surface area contributed by atoms with Crippen LogP contribution in [0.15, 0.2) is 48.6 Å². The molecule has 0 spiro atoms. The van der Waals surface area contributed by atoms with E-state index >= 15 is 0 Å². The highest BCUT2D eigenvalue weighted by molar-refractivity contribution is 5.70. The van der Waals surface area contributed by atoms with Crippen LogP contribution in [0, 0.1) is 0 Å². The molecule has 0 N–H and O–H groups in total. The maximum Gasteiger partial charge on any atom is 0.306 e. The van der Waals surface area contributed by atoms with Crippen molar-refractivity contribution in [2.75, 3.05) is 19.8 Å². The van der Waals surface area contributed by atoms with Gasteiger partial charge in [-0.25, -0.2) is 0 Å². The largest absolute Gasteiger partial charge is 0.462 e. The van der Waals surface area contributed by atoms with Gasteiger partial charge >= 0.3 is 11.9 Å². The molecule has 0 aliphatic carbocycles. The van der Waals surface area contributed by atoms with Gasteiger partial charge in [0.25, 0.3) is 0 Å². The first-order valence-electron chi connectivity index (χ1n) is 29.2. The van der Waals surface area contributed by atoms with Crippen LogP contribution in [-0.4, -0.2) is 37.9 Å². The molecule has 0 aromatic heterocycles. The van der Waals surface area contributed by atoms with Gasteiger partial charge in [-0.3, -0.25) is 9.59 Å². The Bertz CT molecular complexity index is 1090. The molecule has 0 amide bonds. The van der Waals surface area contributed by atoms with Crippen LogP contribution < -0.4 is 0 Å². The quantitative estimate of drug-likeness (QED) is 0.0345. The molecule has 0 aromatic rings. The second-order valence-corrected chi connectivity index (χ2v) is 19.5. The van der Waals surface area contributed by atoms with E-state index in [0.717, 1.165) is 77.0 Å². The van der Waals surface area contributed by atoms with Crippen molar-refractivity contribution in [3.8, 4) is 0 Å². The lowest BCUT2D eigenvalue weighted by molar-refractivity contribution is -0.163. The number of esters is 2. The van der Waals surface area contributed by atoms with Crippen LogP contribution in [0.5, 0.6) is 0 Å². The molecule has 66 heavy (non-hydrogen) atoms. The highest BCUT2D eigenvalue weighted by atomic mass is 16.6. The van der Waals surface area contributed by atoms with Crippen molar-refractivity contribution in [2.24, 2.45) is 0 Å². The molecule has 5 heteroatoms. The molecule has 0 heterocycles. The van der Waals surface area contributed by atoms with Crippen LogP contribution in [0.3, 0.4) is 0 Å².